The highest BCUT2D eigenvalue weighted by molar-refractivity contribution is 7.15. The lowest BCUT2D eigenvalue weighted by Crippen LogP contribution is -2.12. The van der Waals surface area contributed by atoms with Crippen molar-refractivity contribution in [3.8, 4) is 11.5 Å². The highest BCUT2D eigenvalue weighted by atomic mass is 32.1. The Labute approximate surface area is 149 Å². The molecule has 0 fully saturated rings. The Morgan fingerprint density at radius 1 is 1.20 bits per heavy atom. The molecule has 0 aromatic carbocycles. The van der Waals surface area contributed by atoms with Crippen LogP contribution in [0.2, 0.25) is 0 Å². The number of carbonyl (C=O) groups excluding carboxylic acids is 1. The molecule has 0 radical (unpaired) electrons. The van der Waals surface area contributed by atoms with Crippen molar-refractivity contribution in [3.05, 3.63) is 47.4 Å². The van der Waals surface area contributed by atoms with Gasteiger partial charge in [-0.05, 0) is 18.6 Å². The smallest absolute Gasteiger partial charge is 0.260 e. The zero-order chi connectivity index (χ0) is 17.6. The van der Waals surface area contributed by atoms with Crippen LogP contribution in [-0.4, -0.2) is 31.1 Å². The van der Waals surface area contributed by atoms with Gasteiger partial charge in [-0.2, -0.15) is 0 Å². The molecule has 25 heavy (non-hydrogen) atoms. The van der Waals surface area contributed by atoms with Crippen LogP contribution < -0.4 is 5.32 Å². The molecule has 7 nitrogen and oxygen atoms in total. The molecular weight excluding hydrogens is 336 g/mol. The van der Waals surface area contributed by atoms with Crippen LogP contribution in [0.15, 0.2) is 36.8 Å². The monoisotopic (exact) mass is 354 g/mol. The number of rotatable bonds is 6. The van der Waals surface area contributed by atoms with Crippen LogP contribution in [-0.2, 0) is 0 Å². The predicted molar refractivity (Wildman–Crippen MR) is 96.4 cm³/mol. The van der Waals surface area contributed by atoms with Crippen molar-refractivity contribution in [3.63, 3.8) is 0 Å². The molecule has 128 valence electrons. The van der Waals surface area contributed by atoms with Gasteiger partial charge in [0, 0.05) is 24.5 Å². The minimum atomic E-state index is -0.307. The molecule has 0 bridgehead atoms. The van der Waals surface area contributed by atoms with Crippen LogP contribution in [0.1, 0.15) is 48.0 Å². The van der Waals surface area contributed by atoms with Gasteiger partial charge in [0.1, 0.15) is 10.7 Å². The number of aromatic nitrogens is 5. The average Bonchev–Trinajstić information content (AvgIpc) is 3.11. The van der Waals surface area contributed by atoms with Gasteiger partial charge >= 0.3 is 0 Å². The average molecular weight is 354 g/mol. The van der Waals surface area contributed by atoms with Crippen LogP contribution in [0, 0.1) is 0 Å². The van der Waals surface area contributed by atoms with Gasteiger partial charge in [0.2, 0.25) is 5.13 Å². The summed E-state index contributed by atoms with van der Waals surface area (Å²) in [6.45, 7) is 4.24. The van der Waals surface area contributed by atoms with Gasteiger partial charge in [0.25, 0.3) is 5.91 Å². The highest BCUT2D eigenvalue weighted by Crippen LogP contribution is 2.26. The molecule has 0 saturated carbocycles. The number of hydrogen-bond acceptors (Lipinski definition) is 7. The molecular formula is C17H18N6OS. The molecule has 1 atom stereocenters. The standard InChI is InChI=1S/C17H18N6OS/c1-3-6-11(2)16-22-23-17(25-16)21-15(24)12-9-19-14(20-10-12)13-7-4-5-8-18-13/h4-5,7-11H,3,6H2,1-2H3,(H,21,23,24)/t11-/m1/s1. The van der Waals surface area contributed by atoms with E-state index < -0.39 is 0 Å². The Morgan fingerprint density at radius 2 is 2.00 bits per heavy atom. The second-order valence-electron chi connectivity index (χ2n) is 5.60. The fourth-order valence-electron chi connectivity index (χ4n) is 2.28. The Morgan fingerprint density at radius 3 is 2.68 bits per heavy atom. The van der Waals surface area contributed by atoms with Crippen LogP contribution in [0.5, 0.6) is 0 Å². The molecule has 0 aliphatic rings. The zero-order valence-corrected chi connectivity index (χ0v) is 14.8. The maximum atomic E-state index is 12.3. The molecule has 0 aliphatic carbocycles. The largest absolute Gasteiger partial charge is 0.296 e. The maximum Gasteiger partial charge on any atom is 0.260 e. The topological polar surface area (TPSA) is 93.6 Å². The number of carbonyl (C=O) groups is 1. The van der Waals surface area contributed by atoms with E-state index in [1.807, 2.05) is 18.2 Å². The normalized spacial score (nSPS) is 11.9. The number of amides is 1. The SMILES string of the molecule is CCC[C@@H](C)c1nnc(NC(=O)c2cnc(-c3ccccn3)nc2)s1. The molecule has 1 N–H and O–H groups in total. The van der Waals surface area contributed by atoms with Gasteiger partial charge in [-0.1, -0.05) is 37.7 Å². The van der Waals surface area contributed by atoms with Crippen molar-refractivity contribution in [1.82, 2.24) is 25.1 Å². The molecule has 3 aromatic rings. The van der Waals surface area contributed by atoms with E-state index in [4.69, 9.17) is 0 Å². The lowest BCUT2D eigenvalue weighted by atomic mass is 10.1. The van der Waals surface area contributed by atoms with Gasteiger partial charge in [0.05, 0.1) is 5.56 Å². The van der Waals surface area contributed by atoms with Crippen molar-refractivity contribution in [2.24, 2.45) is 0 Å². The van der Waals surface area contributed by atoms with Gasteiger partial charge in [-0.25, -0.2) is 9.97 Å². The number of nitrogens with one attached hydrogen (secondary N) is 1. The van der Waals surface area contributed by atoms with E-state index in [0.717, 1.165) is 17.8 Å². The summed E-state index contributed by atoms with van der Waals surface area (Å²) in [7, 11) is 0. The van der Waals surface area contributed by atoms with Gasteiger partial charge < -0.3 is 0 Å². The fourth-order valence-corrected chi connectivity index (χ4v) is 3.11. The van der Waals surface area contributed by atoms with Crippen molar-refractivity contribution in [2.45, 2.75) is 32.6 Å². The molecule has 1 amide bonds. The molecule has 3 heterocycles. The van der Waals surface area contributed by atoms with E-state index in [0.29, 0.717) is 28.1 Å². The van der Waals surface area contributed by atoms with Crippen molar-refractivity contribution < 1.29 is 4.79 Å². The van der Waals surface area contributed by atoms with Crippen LogP contribution in [0.3, 0.4) is 0 Å². The quantitative estimate of drug-likeness (QED) is 0.727. The van der Waals surface area contributed by atoms with E-state index in [9.17, 15) is 4.79 Å². The molecule has 3 aromatic heterocycles. The summed E-state index contributed by atoms with van der Waals surface area (Å²) in [5.41, 5.74) is 1.02. The third-order valence-electron chi connectivity index (χ3n) is 3.61. The minimum absolute atomic E-state index is 0.307. The zero-order valence-electron chi connectivity index (χ0n) is 14.0. The van der Waals surface area contributed by atoms with Crippen molar-refractivity contribution in [1.29, 1.82) is 0 Å². The molecule has 0 saturated heterocycles. The van der Waals surface area contributed by atoms with E-state index in [-0.39, 0.29) is 5.91 Å². The Bertz CT molecular complexity index is 834. The summed E-state index contributed by atoms with van der Waals surface area (Å²) >= 11 is 1.40. The van der Waals surface area contributed by atoms with E-state index in [2.05, 4.69) is 44.3 Å². The Balaban J connectivity index is 1.67. The maximum absolute atomic E-state index is 12.3. The van der Waals surface area contributed by atoms with E-state index in [1.165, 1.54) is 23.7 Å². The fraction of sp³-hybridized carbons (Fsp3) is 0.294. The first-order valence-corrected chi connectivity index (χ1v) is 8.87. The summed E-state index contributed by atoms with van der Waals surface area (Å²) < 4.78 is 0. The number of nitrogens with zero attached hydrogens (tertiary/aromatic N) is 5. The van der Waals surface area contributed by atoms with Gasteiger partial charge in [0.15, 0.2) is 5.82 Å². The third-order valence-corrected chi connectivity index (χ3v) is 4.68. The summed E-state index contributed by atoms with van der Waals surface area (Å²) in [5.74, 6) is 0.510. The molecule has 0 spiro atoms. The van der Waals surface area contributed by atoms with Crippen molar-refractivity contribution in [2.75, 3.05) is 5.32 Å². The number of anilines is 1. The lowest BCUT2D eigenvalue weighted by molar-refractivity contribution is 0.102. The second kappa shape index (κ2) is 7.89. The predicted octanol–water partition coefficient (Wildman–Crippen LogP) is 3.55. The summed E-state index contributed by atoms with van der Waals surface area (Å²) in [5, 5.41) is 12.3. The minimum Gasteiger partial charge on any atom is -0.296 e. The van der Waals surface area contributed by atoms with Crippen LogP contribution >= 0.6 is 11.3 Å². The van der Waals surface area contributed by atoms with Gasteiger partial charge in [-0.15, -0.1) is 10.2 Å². The third kappa shape index (κ3) is 4.21. The first kappa shape index (κ1) is 17.1. The summed E-state index contributed by atoms with van der Waals surface area (Å²) in [4.78, 5) is 24.9. The Kier molecular flexibility index (Phi) is 5.39. The molecule has 0 aliphatic heterocycles. The molecule has 8 heteroatoms. The summed E-state index contributed by atoms with van der Waals surface area (Å²) in [6, 6.07) is 5.50. The van der Waals surface area contributed by atoms with Gasteiger partial charge in [-0.3, -0.25) is 15.1 Å². The number of hydrogen-bond donors (Lipinski definition) is 1. The summed E-state index contributed by atoms with van der Waals surface area (Å²) in [6.07, 6.45) is 6.77. The Hall–Kier alpha value is -2.74. The first-order chi connectivity index (χ1) is 12.2. The molecule has 3 rings (SSSR count). The van der Waals surface area contributed by atoms with Crippen molar-refractivity contribution >= 4 is 22.4 Å². The molecule has 0 unspecified atom stereocenters. The van der Waals surface area contributed by atoms with E-state index >= 15 is 0 Å². The second-order valence-corrected chi connectivity index (χ2v) is 6.61. The number of pyridine rings is 1. The van der Waals surface area contributed by atoms with E-state index in [1.54, 1.807) is 6.20 Å². The van der Waals surface area contributed by atoms with Crippen LogP contribution in [0.25, 0.3) is 11.5 Å². The lowest BCUT2D eigenvalue weighted by Gasteiger charge is -2.03. The van der Waals surface area contributed by atoms with Crippen LogP contribution in [0.4, 0.5) is 5.13 Å². The first-order valence-electron chi connectivity index (χ1n) is 8.05. The highest BCUT2D eigenvalue weighted by Gasteiger charge is 2.14.